The number of hydrogen-bond donors (Lipinski definition) is 2. The summed E-state index contributed by atoms with van der Waals surface area (Å²) in [6, 6.07) is 3.70. The molecule has 2 aliphatic heterocycles. The van der Waals surface area contributed by atoms with Crippen LogP contribution in [0.1, 0.15) is 24.0 Å². The summed E-state index contributed by atoms with van der Waals surface area (Å²) in [5, 5.41) is 5.81. The number of pyridine rings is 1. The van der Waals surface area contributed by atoms with Crippen molar-refractivity contribution in [3.8, 4) is 0 Å². The van der Waals surface area contributed by atoms with Gasteiger partial charge in [0.05, 0.1) is 16.6 Å². The van der Waals surface area contributed by atoms with Crippen molar-refractivity contribution >= 4 is 51.7 Å². The fourth-order valence-corrected chi connectivity index (χ4v) is 4.17. The molecule has 7 nitrogen and oxygen atoms in total. The Balaban J connectivity index is 1.81. The lowest BCUT2D eigenvalue weighted by molar-refractivity contribution is -0.115. The number of hydrogen-bond acceptors (Lipinski definition) is 7. The summed E-state index contributed by atoms with van der Waals surface area (Å²) >= 11 is 6.17. The van der Waals surface area contributed by atoms with Crippen molar-refractivity contribution in [3.63, 3.8) is 0 Å². The number of rotatable bonds is 4. The van der Waals surface area contributed by atoms with Crippen LogP contribution in [0.2, 0.25) is 0 Å². The Labute approximate surface area is 165 Å². The first-order valence-corrected chi connectivity index (χ1v) is 9.88. The van der Waals surface area contributed by atoms with Crippen molar-refractivity contribution in [2.75, 3.05) is 18.5 Å². The van der Waals surface area contributed by atoms with Gasteiger partial charge in [0.2, 0.25) is 0 Å². The summed E-state index contributed by atoms with van der Waals surface area (Å²) in [6.07, 6.45) is 5.34. The van der Waals surface area contributed by atoms with Gasteiger partial charge in [0, 0.05) is 19.3 Å². The van der Waals surface area contributed by atoms with Gasteiger partial charge in [-0.25, -0.2) is 4.98 Å². The number of nitrogens with one attached hydrogen (secondary N) is 2. The summed E-state index contributed by atoms with van der Waals surface area (Å²) in [7, 11) is 0. The summed E-state index contributed by atoms with van der Waals surface area (Å²) < 4.78 is 7.52. The second-order valence-electron chi connectivity index (χ2n) is 6.43. The lowest BCUT2D eigenvalue weighted by Crippen LogP contribution is -2.25. The monoisotopic (exact) mass is 402 g/mol. The molecule has 0 saturated carbocycles. The van der Waals surface area contributed by atoms with Crippen LogP contribution in [0.4, 0.5) is 5.82 Å². The number of anilines is 1. The van der Waals surface area contributed by atoms with E-state index in [9.17, 15) is 9.59 Å². The molecule has 2 fully saturated rings. The number of fused-ring (bicyclic) bond motifs is 1. The van der Waals surface area contributed by atoms with Crippen LogP contribution in [0, 0.1) is 6.92 Å². The zero-order valence-corrected chi connectivity index (χ0v) is 16.3. The smallest absolute Gasteiger partial charge is 0.267 e. The second kappa shape index (κ2) is 7.41. The van der Waals surface area contributed by atoms with Gasteiger partial charge >= 0.3 is 0 Å². The number of carbonyl (C=O) groups excluding carboxylic acids is 1. The summed E-state index contributed by atoms with van der Waals surface area (Å²) in [6.45, 7) is 3.22. The summed E-state index contributed by atoms with van der Waals surface area (Å²) in [4.78, 5) is 30.2. The Kier molecular flexibility index (Phi) is 4.98. The van der Waals surface area contributed by atoms with Crippen LogP contribution in [0.3, 0.4) is 0 Å². The molecule has 27 heavy (non-hydrogen) atoms. The first kappa shape index (κ1) is 18.1. The highest BCUT2D eigenvalue weighted by atomic mass is 32.2. The maximum atomic E-state index is 13.1. The third-order valence-electron chi connectivity index (χ3n) is 4.52. The molecular weight excluding hydrogens is 384 g/mol. The first-order chi connectivity index (χ1) is 13.0. The molecule has 140 valence electrons. The minimum atomic E-state index is -0.302. The fourth-order valence-electron chi connectivity index (χ4n) is 3.14. The van der Waals surface area contributed by atoms with Crippen molar-refractivity contribution in [3.05, 3.63) is 44.7 Å². The van der Waals surface area contributed by atoms with E-state index in [1.165, 1.54) is 4.40 Å². The van der Waals surface area contributed by atoms with Crippen molar-refractivity contribution in [2.24, 2.45) is 0 Å². The molecule has 0 bridgehead atoms. The van der Waals surface area contributed by atoms with Crippen LogP contribution < -0.4 is 16.2 Å². The first-order valence-electron chi connectivity index (χ1n) is 8.65. The van der Waals surface area contributed by atoms with Crippen LogP contribution in [-0.4, -0.2) is 38.9 Å². The van der Waals surface area contributed by atoms with E-state index >= 15 is 0 Å². The molecule has 2 aromatic rings. The van der Waals surface area contributed by atoms with Crippen molar-refractivity contribution in [2.45, 2.75) is 25.9 Å². The molecular formula is C18H18N4O3S2. The molecule has 4 rings (SSSR count). The normalized spacial score (nSPS) is 21.2. The molecule has 0 radical (unpaired) electrons. The number of amides is 1. The lowest BCUT2D eigenvalue weighted by atomic mass is 10.2. The van der Waals surface area contributed by atoms with E-state index in [0.717, 1.165) is 36.8 Å². The Morgan fingerprint density at radius 1 is 1.52 bits per heavy atom. The highest BCUT2D eigenvalue weighted by Crippen LogP contribution is 2.27. The highest BCUT2D eigenvalue weighted by Gasteiger charge is 2.24. The Morgan fingerprint density at radius 3 is 3.07 bits per heavy atom. The number of carbonyl (C=O) groups is 1. The van der Waals surface area contributed by atoms with Gasteiger partial charge in [0.1, 0.15) is 15.8 Å². The maximum absolute atomic E-state index is 13.1. The van der Waals surface area contributed by atoms with Gasteiger partial charge in [-0.05, 0) is 37.5 Å². The Bertz CT molecular complexity index is 1030. The molecule has 2 saturated heterocycles. The van der Waals surface area contributed by atoms with E-state index in [2.05, 4.69) is 15.6 Å². The van der Waals surface area contributed by atoms with Crippen molar-refractivity contribution < 1.29 is 9.53 Å². The predicted molar refractivity (Wildman–Crippen MR) is 110 cm³/mol. The van der Waals surface area contributed by atoms with E-state index in [1.54, 1.807) is 18.3 Å². The van der Waals surface area contributed by atoms with Crippen LogP contribution in [0.15, 0.2) is 28.0 Å². The van der Waals surface area contributed by atoms with E-state index in [-0.39, 0.29) is 17.6 Å². The quantitative estimate of drug-likeness (QED) is 0.598. The molecule has 0 aliphatic carbocycles. The minimum Gasteiger partial charge on any atom is -0.376 e. The van der Waals surface area contributed by atoms with E-state index in [0.29, 0.717) is 32.8 Å². The van der Waals surface area contributed by atoms with Crippen LogP contribution >= 0.6 is 24.0 Å². The molecule has 0 spiro atoms. The number of aryl methyl sites for hydroxylation is 1. The SMILES string of the molecule is Cc1cccn2c(=O)c(C=C3SC(=S)NC3=O)c(NCC3CCCO3)nc12. The zero-order chi connectivity index (χ0) is 19.0. The molecule has 1 amide bonds. The number of thioether (sulfide) groups is 1. The van der Waals surface area contributed by atoms with Crippen LogP contribution in [-0.2, 0) is 9.53 Å². The van der Waals surface area contributed by atoms with Gasteiger partial charge in [0.25, 0.3) is 11.5 Å². The number of ether oxygens (including phenoxy) is 1. The third kappa shape index (κ3) is 3.62. The molecule has 2 aromatic heterocycles. The van der Waals surface area contributed by atoms with E-state index in [4.69, 9.17) is 17.0 Å². The third-order valence-corrected chi connectivity index (χ3v) is 5.69. The summed E-state index contributed by atoms with van der Waals surface area (Å²) in [5.41, 5.74) is 1.57. The molecule has 2 aliphatic rings. The number of thiocarbonyl (C=S) groups is 1. The van der Waals surface area contributed by atoms with Crippen molar-refractivity contribution in [1.82, 2.24) is 14.7 Å². The van der Waals surface area contributed by atoms with Gasteiger partial charge in [-0.15, -0.1) is 0 Å². The molecule has 9 heteroatoms. The summed E-state index contributed by atoms with van der Waals surface area (Å²) in [5.74, 6) is 0.146. The largest absolute Gasteiger partial charge is 0.376 e. The maximum Gasteiger partial charge on any atom is 0.267 e. The Morgan fingerprint density at radius 2 is 2.37 bits per heavy atom. The highest BCUT2D eigenvalue weighted by molar-refractivity contribution is 8.26. The molecule has 2 N–H and O–H groups in total. The van der Waals surface area contributed by atoms with Crippen LogP contribution in [0.5, 0.6) is 0 Å². The van der Waals surface area contributed by atoms with E-state index < -0.39 is 0 Å². The zero-order valence-electron chi connectivity index (χ0n) is 14.7. The molecule has 1 atom stereocenters. The van der Waals surface area contributed by atoms with Gasteiger partial charge in [0.15, 0.2) is 0 Å². The van der Waals surface area contributed by atoms with Crippen molar-refractivity contribution in [1.29, 1.82) is 0 Å². The average molecular weight is 403 g/mol. The predicted octanol–water partition coefficient (Wildman–Crippen LogP) is 2.08. The lowest BCUT2D eigenvalue weighted by Gasteiger charge is -2.15. The topological polar surface area (TPSA) is 84.7 Å². The standard InChI is InChI=1S/C18H18N4O3S2/c1-10-4-2-6-22-15(10)20-14(19-9-11-5-3-7-25-11)12(17(22)24)8-13-16(23)21-18(26)27-13/h2,4,6,8,11,19H,3,5,7,9H2,1H3,(H,21,23,26). The number of nitrogens with zero attached hydrogens (tertiary/aromatic N) is 2. The molecule has 4 heterocycles. The Hall–Kier alpha value is -2.23. The average Bonchev–Trinajstić information content (AvgIpc) is 3.26. The fraction of sp³-hybridized carbons (Fsp3) is 0.333. The number of aromatic nitrogens is 2. The van der Waals surface area contributed by atoms with Gasteiger partial charge in [-0.2, -0.15) is 0 Å². The van der Waals surface area contributed by atoms with Gasteiger partial charge in [-0.3, -0.25) is 14.0 Å². The van der Waals surface area contributed by atoms with Gasteiger partial charge < -0.3 is 15.4 Å². The molecule has 0 aromatic carbocycles. The second-order valence-corrected chi connectivity index (χ2v) is 8.15. The van der Waals surface area contributed by atoms with Crippen LogP contribution in [0.25, 0.3) is 11.7 Å². The van der Waals surface area contributed by atoms with Gasteiger partial charge in [-0.1, -0.05) is 30.0 Å². The van der Waals surface area contributed by atoms with E-state index in [1.807, 2.05) is 13.0 Å². The minimum absolute atomic E-state index is 0.0966. The molecule has 1 unspecified atom stereocenters.